The van der Waals surface area contributed by atoms with E-state index in [1.165, 1.54) is 0 Å². The van der Waals surface area contributed by atoms with Crippen molar-refractivity contribution in [2.75, 3.05) is 53.4 Å². The SMILES string of the molecule is CCC(C)C(C)(C)COC(=O)COCC1COC(=O)O1.CCC(COC)C(C)(C)CCC(O)COCC1CCC(C)(O)O1. The minimum atomic E-state index is -1.02. The number of cyclic esters (lactones) is 2. The molecule has 2 fully saturated rings. The first-order valence-electron chi connectivity index (χ1n) is 15.8. The first kappa shape index (κ1) is 39.5. The van der Waals surface area contributed by atoms with E-state index >= 15 is 0 Å². The van der Waals surface area contributed by atoms with Gasteiger partial charge in [-0.2, -0.15) is 0 Å². The Balaban J connectivity index is 0.000000434. The van der Waals surface area contributed by atoms with E-state index in [1.54, 1.807) is 14.0 Å². The Morgan fingerprint density at radius 2 is 1.74 bits per heavy atom. The van der Waals surface area contributed by atoms with Crippen LogP contribution in [-0.4, -0.2) is 99.8 Å². The molecule has 43 heavy (non-hydrogen) atoms. The van der Waals surface area contributed by atoms with Gasteiger partial charge in [-0.25, -0.2) is 9.59 Å². The highest BCUT2D eigenvalue weighted by atomic mass is 16.8. The molecule has 0 aromatic heterocycles. The van der Waals surface area contributed by atoms with Crippen molar-refractivity contribution in [3.8, 4) is 0 Å². The van der Waals surface area contributed by atoms with E-state index in [2.05, 4.69) is 53.2 Å². The van der Waals surface area contributed by atoms with Crippen LogP contribution in [-0.2, 0) is 38.0 Å². The van der Waals surface area contributed by atoms with E-state index in [0.29, 0.717) is 38.1 Å². The van der Waals surface area contributed by atoms with Crippen molar-refractivity contribution in [2.24, 2.45) is 22.7 Å². The average molecular weight is 621 g/mol. The normalized spacial score (nSPS) is 24.4. The van der Waals surface area contributed by atoms with Crippen molar-refractivity contribution in [1.82, 2.24) is 0 Å². The van der Waals surface area contributed by atoms with Crippen LogP contribution in [0.15, 0.2) is 0 Å². The number of ether oxygens (including phenoxy) is 7. The van der Waals surface area contributed by atoms with Gasteiger partial charge >= 0.3 is 12.1 Å². The Morgan fingerprint density at radius 1 is 1.07 bits per heavy atom. The summed E-state index contributed by atoms with van der Waals surface area (Å²) < 4.78 is 36.0. The molecule has 2 N–H and O–H groups in total. The molecule has 0 aromatic carbocycles. The molecule has 254 valence electrons. The van der Waals surface area contributed by atoms with Crippen LogP contribution in [0.3, 0.4) is 0 Å². The van der Waals surface area contributed by atoms with Gasteiger partial charge in [0.25, 0.3) is 0 Å². The molecule has 2 aliphatic heterocycles. The van der Waals surface area contributed by atoms with Crippen molar-refractivity contribution in [1.29, 1.82) is 0 Å². The van der Waals surface area contributed by atoms with Crippen LogP contribution in [0.2, 0.25) is 0 Å². The summed E-state index contributed by atoms with van der Waals surface area (Å²) >= 11 is 0. The third-order valence-corrected chi connectivity index (χ3v) is 8.78. The second kappa shape index (κ2) is 19.1. The zero-order valence-corrected chi connectivity index (χ0v) is 28.1. The molecule has 0 aliphatic carbocycles. The number of aliphatic hydroxyl groups excluding tert-OH is 1. The molecule has 0 amide bonds. The van der Waals surface area contributed by atoms with Crippen molar-refractivity contribution >= 4 is 12.1 Å². The van der Waals surface area contributed by atoms with Gasteiger partial charge in [0.2, 0.25) is 0 Å². The average Bonchev–Trinajstić information content (AvgIpc) is 3.52. The quantitative estimate of drug-likeness (QED) is 0.191. The first-order valence-corrected chi connectivity index (χ1v) is 15.8. The summed E-state index contributed by atoms with van der Waals surface area (Å²) in [6.07, 6.45) is 3.53. The minimum Gasteiger partial charge on any atom is -0.463 e. The Bertz CT molecular complexity index is 798. The third-order valence-electron chi connectivity index (χ3n) is 8.78. The van der Waals surface area contributed by atoms with Gasteiger partial charge in [-0.3, -0.25) is 0 Å². The van der Waals surface area contributed by atoms with Gasteiger partial charge in [-0.15, -0.1) is 0 Å². The molecule has 0 spiro atoms. The fourth-order valence-electron chi connectivity index (χ4n) is 5.01. The summed E-state index contributed by atoms with van der Waals surface area (Å²) in [5.74, 6) is -0.472. The third kappa shape index (κ3) is 15.9. The van der Waals surface area contributed by atoms with Crippen LogP contribution in [0.25, 0.3) is 0 Å². The molecule has 11 nitrogen and oxygen atoms in total. The molecule has 6 unspecified atom stereocenters. The molecule has 0 saturated carbocycles. The lowest BCUT2D eigenvalue weighted by molar-refractivity contribution is -0.188. The summed E-state index contributed by atoms with van der Waals surface area (Å²) in [5.41, 5.74) is 0.0816. The van der Waals surface area contributed by atoms with Crippen LogP contribution in [0.5, 0.6) is 0 Å². The van der Waals surface area contributed by atoms with Gasteiger partial charge in [0, 0.05) is 25.6 Å². The minimum absolute atomic E-state index is 0.0563. The number of methoxy groups -OCH3 is 1. The largest absolute Gasteiger partial charge is 0.508 e. The van der Waals surface area contributed by atoms with E-state index in [9.17, 15) is 19.8 Å². The highest BCUT2D eigenvalue weighted by Crippen LogP contribution is 2.35. The summed E-state index contributed by atoms with van der Waals surface area (Å²) in [6.45, 7) is 18.8. The van der Waals surface area contributed by atoms with E-state index in [1.807, 2.05) is 0 Å². The Hall–Kier alpha value is -1.50. The molecular weight excluding hydrogens is 560 g/mol. The molecule has 2 rings (SSSR count). The van der Waals surface area contributed by atoms with Crippen LogP contribution in [0.1, 0.15) is 93.9 Å². The van der Waals surface area contributed by atoms with Crippen molar-refractivity contribution < 1.29 is 53.0 Å². The van der Waals surface area contributed by atoms with E-state index < -0.39 is 30.1 Å². The molecule has 2 heterocycles. The zero-order chi connectivity index (χ0) is 32.7. The molecule has 0 aromatic rings. The van der Waals surface area contributed by atoms with Gasteiger partial charge < -0.3 is 43.4 Å². The number of hydrogen-bond acceptors (Lipinski definition) is 11. The number of carbonyl (C=O) groups is 2. The molecular formula is C32H60O11. The fourth-order valence-corrected chi connectivity index (χ4v) is 5.01. The van der Waals surface area contributed by atoms with E-state index in [0.717, 1.165) is 38.7 Å². The molecule has 0 radical (unpaired) electrons. The van der Waals surface area contributed by atoms with Crippen LogP contribution >= 0.6 is 0 Å². The van der Waals surface area contributed by atoms with Crippen LogP contribution < -0.4 is 0 Å². The van der Waals surface area contributed by atoms with Crippen molar-refractivity contribution in [3.05, 3.63) is 0 Å². The van der Waals surface area contributed by atoms with Crippen LogP contribution in [0.4, 0.5) is 4.79 Å². The van der Waals surface area contributed by atoms with Crippen molar-refractivity contribution in [3.63, 3.8) is 0 Å². The highest BCUT2D eigenvalue weighted by Gasteiger charge is 2.34. The standard InChI is InChI=1S/C18H36O5.C14H24O6/c1-6-14(11-21-5)17(2,3)9-7-15(19)12-22-13-16-8-10-18(4,20)23-16;1-5-10(2)14(3,4)9-19-12(15)8-17-6-11-7-18-13(16)20-11/h14-16,19-20H,6-13H2,1-5H3;10-11H,5-9H2,1-4H3. The molecule has 2 aliphatic rings. The lowest BCUT2D eigenvalue weighted by Gasteiger charge is -2.34. The highest BCUT2D eigenvalue weighted by molar-refractivity contribution is 5.70. The maximum Gasteiger partial charge on any atom is 0.508 e. The van der Waals surface area contributed by atoms with Crippen LogP contribution in [0, 0.1) is 22.7 Å². The van der Waals surface area contributed by atoms with Gasteiger partial charge in [0.05, 0.1) is 38.6 Å². The number of hydrogen-bond donors (Lipinski definition) is 2. The molecule has 6 atom stereocenters. The van der Waals surface area contributed by atoms with E-state index in [4.69, 9.17) is 28.4 Å². The smallest absolute Gasteiger partial charge is 0.463 e. The topological polar surface area (TPSA) is 139 Å². The Morgan fingerprint density at radius 3 is 2.28 bits per heavy atom. The van der Waals surface area contributed by atoms with E-state index in [-0.39, 0.29) is 36.8 Å². The maximum absolute atomic E-state index is 11.6. The predicted octanol–water partition coefficient (Wildman–Crippen LogP) is 4.88. The predicted molar refractivity (Wildman–Crippen MR) is 161 cm³/mol. The van der Waals surface area contributed by atoms with Crippen molar-refractivity contribution in [2.45, 2.75) is 118 Å². The zero-order valence-electron chi connectivity index (χ0n) is 28.1. The van der Waals surface area contributed by atoms with Gasteiger partial charge in [0.15, 0.2) is 11.9 Å². The fraction of sp³-hybridized carbons (Fsp3) is 0.938. The Kier molecular flexibility index (Phi) is 17.6. The first-order chi connectivity index (χ1) is 20.0. The van der Waals surface area contributed by atoms with Gasteiger partial charge in [0.1, 0.15) is 13.2 Å². The number of rotatable bonds is 19. The second-order valence-corrected chi connectivity index (χ2v) is 13.5. The monoisotopic (exact) mass is 620 g/mol. The number of aliphatic hydroxyl groups is 2. The maximum atomic E-state index is 11.6. The van der Waals surface area contributed by atoms with Gasteiger partial charge in [-0.05, 0) is 43.4 Å². The lowest BCUT2D eigenvalue weighted by atomic mass is 9.74. The summed E-state index contributed by atoms with van der Waals surface area (Å²) in [5, 5.41) is 19.9. The molecule has 11 heteroatoms. The Labute approximate surface area is 259 Å². The molecule has 2 saturated heterocycles. The summed E-state index contributed by atoms with van der Waals surface area (Å²) in [4.78, 5) is 22.2. The summed E-state index contributed by atoms with van der Waals surface area (Å²) in [6, 6.07) is 0. The van der Waals surface area contributed by atoms with Gasteiger partial charge in [-0.1, -0.05) is 61.3 Å². The number of carbonyl (C=O) groups excluding carboxylic acids is 2. The molecule has 0 bridgehead atoms. The second-order valence-electron chi connectivity index (χ2n) is 13.5. The lowest BCUT2D eigenvalue weighted by Crippen LogP contribution is -2.30. The number of esters is 1. The summed E-state index contributed by atoms with van der Waals surface area (Å²) in [7, 11) is 1.74.